The zero-order valence-electron chi connectivity index (χ0n) is 11.9. The second-order valence-electron chi connectivity index (χ2n) is 4.60. The zero-order valence-corrected chi connectivity index (χ0v) is 11.9. The third-order valence-electron chi connectivity index (χ3n) is 2.81. The third-order valence-corrected chi connectivity index (χ3v) is 2.81. The monoisotopic (exact) mass is 292 g/mol. The van der Waals surface area contributed by atoms with Crippen LogP contribution in [0.3, 0.4) is 0 Å². The quantitative estimate of drug-likeness (QED) is 0.369. The highest BCUT2D eigenvalue weighted by molar-refractivity contribution is 5.74. The number of aliphatic hydroxyl groups excluding tert-OH is 4. The maximum atomic E-state index is 11.4. The lowest BCUT2D eigenvalue weighted by Gasteiger charge is -2.28. The van der Waals surface area contributed by atoms with E-state index in [-0.39, 0.29) is 38.0 Å². The number of hydrogen-bond donors (Lipinski definition) is 4. The van der Waals surface area contributed by atoms with Gasteiger partial charge in [-0.15, -0.1) is 0 Å². The number of hydrogen-bond acceptors (Lipinski definition) is 6. The van der Waals surface area contributed by atoms with Crippen LogP contribution in [0, 0.1) is 0 Å². The molecule has 0 spiro atoms. The van der Waals surface area contributed by atoms with E-state index in [1.807, 2.05) is 0 Å². The standard InChI is InChI=1S/C12H24N2O6/c1-9(17)13(5-11(19)7-15)3-4-14(10(2)18)6-12(20)8-16/h11-12,15-16,19-20H,3-8H2,1-2H3. The van der Waals surface area contributed by atoms with E-state index in [4.69, 9.17) is 10.2 Å². The molecular weight excluding hydrogens is 268 g/mol. The molecule has 2 unspecified atom stereocenters. The van der Waals surface area contributed by atoms with E-state index in [1.165, 1.54) is 23.6 Å². The third kappa shape index (κ3) is 7.39. The molecule has 0 saturated heterocycles. The summed E-state index contributed by atoms with van der Waals surface area (Å²) in [6.07, 6.45) is -2.07. The number of carbonyl (C=O) groups excluding carboxylic acids is 2. The maximum Gasteiger partial charge on any atom is 0.219 e. The molecular formula is C12H24N2O6. The summed E-state index contributed by atoms with van der Waals surface area (Å²) >= 11 is 0. The van der Waals surface area contributed by atoms with Crippen molar-refractivity contribution < 1.29 is 30.0 Å². The normalized spacial score (nSPS) is 13.7. The van der Waals surface area contributed by atoms with Crippen LogP contribution in [0.2, 0.25) is 0 Å². The molecule has 8 nitrogen and oxygen atoms in total. The Labute approximate surface area is 118 Å². The first-order chi connectivity index (χ1) is 9.31. The van der Waals surface area contributed by atoms with E-state index in [0.29, 0.717) is 0 Å². The van der Waals surface area contributed by atoms with Gasteiger partial charge in [0.1, 0.15) is 0 Å². The summed E-state index contributed by atoms with van der Waals surface area (Å²) in [4.78, 5) is 25.4. The van der Waals surface area contributed by atoms with Crippen molar-refractivity contribution in [3.05, 3.63) is 0 Å². The average Bonchev–Trinajstić information content (AvgIpc) is 2.40. The summed E-state index contributed by atoms with van der Waals surface area (Å²) in [7, 11) is 0. The summed E-state index contributed by atoms with van der Waals surface area (Å²) in [5, 5.41) is 36.2. The Kier molecular flexibility index (Phi) is 9.06. The fourth-order valence-corrected chi connectivity index (χ4v) is 1.62. The Morgan fingerprint density at radius 2 is 1.15 bits per heavy atom. The fourth-order valence-electron chi connectivity index (χ4n) is 1.62. The molecule has 0 aromatic heterocycles. The molecule has 0 fully saturated rings. The zero-order chi connectivity index (χ0) is 15.7. The largest absolute Gasteiger partial charge is 0.394 e. The lowest BCUT2D eigenvalue weighted by Crippen LogP contribution is -2.45. The molecule has 0 aliphatic heterocycles. The highest BCUT2D eigenvalue weighted by atomic mass is 16.3. The molecule has 118 valence electrons. The average molecular weight is 292 g/mol. The lowest BCUT2D eigenvalue weighted by molar-refractivity contribution is -0.135. The van der Waals surface area contributed by atoms with Crippen molar-refractivity contribution in [1.29, 1.82) is 0 Å². The lowest BCUT2D eigenvalue weighted by atomic mass is 10.3. The van der Waals surface area contributed by atoms with E-state index in [1.54, 1.807) is 0 Å². The van der Waals surface area contributed by atoms with Gasteiger partial charge in [0.15, 0.2) is 0 Å². The molecule has 0 aromatic rings. The van der Waals surface area contributed by atoms with Crippen molar-refractivity contribution in [3.63, 3.8) is 0 Å². The molecule has 0 saturated carbocycles. The Balaban J connectivity index is 4.47. The topological polar surface area (TPSA) is 122 Å². The van der Waals surface area contributed by atoms with E-state index in [9.17, 15) is 19.8 Å². The van der Waals surface area contributed by atoms with Gasteiger partial charge in [0.05, 0.1) is 25.4 Å². The number of nitrogens with zero attached hydrogens (tertiary/aromatic N) is 2. The van der Waals surface area contributed by atoms with E-state index in [2.05, 4.69) is 0 Å². The van der Waals surface area contributed by atoms with E-state index >= 15 is 0 Å². The van der Waals surface area contributed by atoms with Gasteiger partial charge in [0.25, 0.3) is 0 Å². The van der Waals surface area contributed by atoms with Gasteiger partial charge in [-0.05, 0) is 0 Å². The molecule has 0 aromatic carbocycles. The van der Waals surface area contributed by atoms with Crippen LogP contribution in [0.4, 0.5) is 0 Å². The van der Waals surface area contributed by atoms with Crippen LogP contribution >= 0.6 is 0 Å². The van der Waals surface area contributed by atoms with Gasteiger partial charge in [-0.2, -0.15) is 0 Å². The van der Waals surface area contributed by atoms with Crippen molar-refractivity contribution in [2.24, 2.45) is 0 Å². The number of rotatable bonds is 9. The molecule has 20 heavy (non-hydrogen) atoms. The summed E-state index contributed by atoms with van der Waals surface area (Å²) in [6.45, 7) is 2.02. The van der Waals surface area contributed by atoms with Crippen LogP contribution in [-0.2, 0) is 9.59 Å². The Hall–Kier alpha value is -1.22. The van der Waals surface area contributed by atoms with Crippen LogP contribution in [0.25, 0.3) is 0 Å². The van der Waals surface area contributed by atoms with Gasteiger partial charge in [0, 0.05) is 40.0 Å². The molecule has 8 heteroatoms. The summed E-state index contributed by atoms with van der Waals surface area (Å²) in [5.74, 6) is -0.576. The summed E-state index contributed by atoms with van der Waals surface area (Å²) in [5.41, 5.74) is 0. The summed E-state index contributed by atoms with van der Waals surface area (Å²) < 4.78 is 0. The molecule has 0 aliphatic rings. The Morgan fingerprint density at radius 1 is 0.850 bits per heavy atom. The minimum Gasteiger partial charge on any atom is -0.394 e. The molecule has 0 aliphatic carbocycles. The van der Waals surface area contributed by atoms with Crippen LogP contribution in [0.1, 0.15) is 13.8 Å². The summed E-state index contributed by atoms with van der Waals surface area (Å²) in [6, 6.07) is 0. The van der Waals surface area contributed by atoms with Gasteiger partial charge < -0.3 is 30.2 Å². The van der Waals surface area contributed by atoms with Gasteiger partial charge >= 0.3 is 0 Å². The first kappa shape index (κ1) is 18.8. The molecule has 0 heterocycles. The van der Waals surface area contributed by atoms with Crippen molar-refractivity contribution in [1.82, 2.24) is 9.80 Å². The van der Waals surface area contributed by atoms with Crippen LogP contribution in [0.5, 0.6) is 0 Å². The van der Waals surface area contributed by atoms with Crippen molar-refractivity contribution in [2.75, 3.05) is 39.4 Å². The van der Waals surface area contributed by atoms with Gasteiger partial charge in [-0.1, -0.05) is 0 Å². The van der Waals surface area contributed by atoms with Crippen LogP contribution in [-0.4, -0.2) is 93.6 Å². The Morgan fingerprint density at radius 3 is 1.35 bits per heavy atom. The minimum atomic E-state index is -1.03. The van der Waals surface area contributed by atoms with Crippen molar-refractivity contribution in [2.45, 2.75) is 26.1 Å². The molecule has 4 N–H and O–H groups in total. The van der Waals surface area contributed by atoms with Gasteiger partial charge in [-0.25, -0.2) is 0 Å². The predicted molar refractivity (Wildman–Crippen MR) is 70.7 cm³/mol. The van der Waals surface area contributed by atoms with E-state index in [0.717, 1.165) is 0 Å². The number of carbonyl (C=O) groups is 2. The molecule has 0 rings (SSSR count). The highest BCUT2D eigenvalue weighted by Crippen LogP contribution is 1.99. The van der Waals surface area contributed by atoms with Gasteiger partial charge in [0.2, 0.25) is 11.8 Å². The van der Waals surface area contributed by atoms with Crippen LogP contribution < -0.4 is 0 Å². The second kappa shape index (κ2) is 9.65. The maximum absolute atomic E-state index is 11.4. The molecule has 0 bridgehead atoms. The predicted octanol–water partition coefficient (Wildman–Crippen LogP) is -2.61. The SMILES string of the molecule is CC(=O)N(CCN(CC(O)CO)C(C)=O)CC(O)CO. The first-order valence-corrected chi connectivity index (χ1v) is 6.40. The minimum absolute atomic E-state index is 0.0276. The van der Waals surface area contributed by atoms with E-state index < -0.39 is 25.4 Å². The smallest absolute Gasteiger partial charge is 0.219 e. The first-order valence-electron chi connectivity index (χ1n) is 6.40. The molecule has 2 atom stereocenters. The van der Waals surface area contributed by atoms with Gasteiger partial charge in [-0.3, -0.25) is 9.59 Å². The van der Waals surface area contributed by atoms with Crippen molar-refractivity contribution in [3.8, 4) is 0 Å². The number of aliphatic hydroxyl groups is 4. The molecule has 2 amide bonds. The second-order valence-corrected chi connectivity index (χ2v) is 4.60. The Bertz CT molecular complexity index is 282. The highest BCUT2D eigenvalue weighted by Gasteiger charge is 2.18. The molecule has 0 radical (unpaired) electrons. The fraction of sp³-hybridized carbons (Fsp3) is 0.833. The van der Waals surface area contributed by atoms with Crippen molar-refractivity contribution >= 4 is 11.8 Å². The van der Waals surface area contributed by atoms with Crippen LogP contribution in [0.15, 0.2) is 0 Å². The number of amides is 2.